The van der Waals surface area contributed by atoms with Gasteiger partial charge in [0, 0.05) is 10.6 Å². The van der Waals surface area contributed by atoms with E-state index >= 15 is 0 Å². The third-order valence-corrected chi connectivity index (χ3v) is 15.2. The Labute approximate surface area is 214 Å². The molecule has 6 fully saturated rings. The van der Waals surface area contributed by atoms with E-state index < -0.39 is 8.07 Å². The molecule has 0 spiro atoms. The quantitative estimate of drug-likeness (QED) is 0.408. The summed E-state index contributed by atoms with van der Waals surface area (Å²) in [5.74, 6) is 5.28. The topological polar surface area (TPSA) is 24.1 Å². The van der Waals surface area contributed by atoms with Gasteiger partial charge in [-0.2, -0.15) is 0 Å². The molecule has 4 saturated carbocycles. The van der Waals surface area contributed by atoms with Crippen molar-refractivity contribution in [2.45, 2.75) is 75.2 Å². The molecular weight excluding hydrogens is 466 g/mol. The highest BCUT2D eigenvalue weighted by molar-refractivity contribution is 7.18. The third-order valence-electron chi connectivity index (χ3n) is 11.3. The van der Waals surface area contributed by atoms with E-state index in [2.05, 4.69) is 67.0 Å². The van der Waals surface area contributed by atoms with Crippen molar-refractivity contribution >= 4 is 31.7 Å². The van der Waals surface area contributed by atoms with Crippen LogP contribution in [0.4, 0.5) is 0 Å². The molecule has 1 aromatic rings. The van der Waals surface area contributed by atoms with Crippen molar-refractivity contribution in [3.05, 3.63) is 29.3 Å². The van der Waals surface area contributed by atoms with Crippen LogP contribution in [0.3, 0.4) is 0 Å². The first-order chi connectivity index (χ1) is 16.3. The maximum atomic E-state index is 3.76. The first kappa shape index (κ1) is 24.5. The Morgan fingerprint density at radius 1 is 0.912 bits per heavy atom. The van der Waals surface area contributed by atoms with Gasteiger partial charge in [0.05, 0.1) is 8.07 Å². The molecule has 34 heavy (non-hydrogen) atoms. The molecule has 4 unspecified atom stereocenters. The maximum Gasteiger partial charge on any atom is 0.0776 e. The molecule has 0 aromatic heterocycles. The van der Waals surface area contributed by atoms with Crippen LogP contribution in [0, 0.1) is 35.5 Å². The summed E-state index contributed by atoms with van der Waals surface area (Å²) in [6.45, 7) is 12.4. The summed E-state index contributed by atoms with van der Waals surface area (Å²) in [7, 11) is 5.45. The van der Waals surface area contributed by atoms with Gasteiger partial charge in [0.15, 0.2) is 0 Å². The van der Waals surface area contributed by atoms with E-state index in [0.29, 0.717) is 5.41 Å². The zero-order valence-corrected chi connectivity index (χ0v) is 25.1. The third kappa shape index (κ3) is 3.69. The SMILES string of the molecule is C[Si](C)(C)c1ccc(C2(CP)C3CC4CC(C3)CC2C4)c(C(P)(C2CCNC2)C2CCNC2)c1. The van der Waals surface area contributed by atoms with Gasteiger partial charge in [0.1, 0.15) is 0 Å². The molecule has 2 nitrogen and oxygen atoms in total. The molecule has 4 aliphatic carbocycles. The summed E-state index contributed by atoms with van der Waals surface area (Å²) < 4.78 is 0. The van der Waals surface area contributed by atoms with Crippen molar-refractivity contribution in [1.29, 1.82) is 0 Å². The lowest BCUT2D eigenvalue weighted by molar-refractivity contribution is -0.0507. The molecule has 6 aliphatic rings. The summed E-state index contributed by atoms with van der Waals surface area (Å²) in [6, 6.07) is 8.06. The van der Waals surface area contributed by atoms with Crippen LogP contribution in [0.1, 0.15) is 56.1 Å². The van der Waals surface area contributed by atoms with Gasteiger partial charge in [0.2, 0.25) is 0 Å². The number of hydrogen-bond donors (Lipinski definition) is 2. The lowest BCUT2D eigenvalue weighted by atomic mass is 9.43. The van der Waals surface area contributed by atoms with Crippen LogP contribution in [0.15, 0.2) is 18.2 Å². The molecule has 5 heteroatoms. The van der Waals surface area contributed by atoms with Gasteiger partial charge in [-0.1, -0.05) is 43.0 Å². The lowest BCUT2D eigenvalue weighted by Crippen LogP contribution is -2.58. The molecule has 0 amide bonds. The van der Waals surface area contributed by atoms with Crippen molar-refractivity contribution in [2.24, 2.45) is 35.5 Å². The Kier molecular flexibility index (Phi) is 6.43. The highest BCUT2D eigenvalue weighted by Gasteiger charge is 2.59. The lowest BCUT2D eigenvalue weighted by Gasteiger charge is -2.62. The van der Waals surface area contributed by atoms with Crippen molar-refractivity contribution in [1.82, 2.24) is 10.6 Å². The summed E-state index contributed by atoms with van der Waals surface area (Å²) >= 11 is 0. The van der Waals surface area contributed by atoms with E-state index in [1.807, 2.05) is 0 Å². The molecule has 188 valence electrons. The van der Waals surface area contributed by atoms with Gasteiger partial charge in [0.25, 0.3) is 0 Å². The zero-order valence-electron chi connectivity index (χ0n) is 21.8. The molecule has 4 atom stereocenters. The van der Waals surface area contributed by atoms with Crippen LogP contribution in [0.25, 0.3) is 0 Å². The molecule has 7 rings (SSSR count). The minimum atomic E-state index is -1.41. The fourth-order valence-corrected chi connectivity index (χ4v) is 12.4. The van der Waals surface area contributed by atoms with E-state index in [4.69, 9.17) is 0 Å². The number of nitrogens with one attached hydrogen (secondary N) is 2. The first-order valence-corrected chi connectivity index (χ1v) is 19.2. The minimum absolute atomic E-state index is 0.180. The van der Waals surface area contributed by atoms with Gasteiger partial charge in [-0.05, 0) is 124 Å². The standard InChI is InChI=1S/C29H48N2P2Si/c1-34(2,3)25-4-5-26(28(18-32)23-11-19-10-20(13-23)14-24(28)12-19)27(15-25)29(33,21-6-8-30-16-21)22-7-9-31-17-22/h4-5,15,19-24,30-31H,6-14,16-18,32-33H2,1-3H3. The van der Waals surface area contributed by atoms with E-state index in [9.17, 15) is 0 Å². The first-order valence-electron chi connectivity index (χ1n) is 14.3. The minimum Gasteiger partial charge on any atom is -0.316 e. The van der Waals surface area contributed by atoms with Crippen LogP contribution < -0.4 is 15.8 Å². The smallest absolute Gasteiger partial charge is 0.0776 e. The molecule has 2 saturated heterocycles. The van der Waals surface area contributed by atoms with Crippen molar-refractivity contribution in [2.75, 3.05) is 32.3 Å². The normalized spacial score (nSPS) is 41.2. The fraction of sp³-hybridized carbons (Fsp3) is 0.793. The largest absolute Gasteiger partial charge is 0.316 e. The van der Waals surface area contributed by atoms with E-state index in [1.165, 1.54) is 77.3 Å². The average molecular weight is 515 g/mol. The van der Waals surface area contributed by atoms with Gasteiger partial charge >= 0.3 is 0 Å². The van der Waals surface area contributed by atoms with Crippen LogP contribution in [0.5, 0.6) is 0 Å². The molecule has 0 radical (unpaired) electrons. The molecule has 1 aromatic carbocycles. The predicted octanol–water partition coefficient (Wildman–Crippen LogP) is 5.09. The second-order valence-electron chi connectivity index (χ2n) is 13.9. The summed E-state index contributed by atoms with van der Waals surface area (Å²) in [5.41, 5.74) is 3.92. The maximum absolute atomic E-state index is 3.76. The highest BCUT2D eigenvalue weighted by atomic mass is 31.0. The molecule has 2 N–H and O–H groups in total. The summed E-state index contributed by atoms with van der Waals surface area (Å²) in [6.07, 6.45) is 11.4. The van der Waals surface area contributed by atoms with Gasteiger partial charge in [-0.25, -0.2) is 0 Å². The molecule has 4 bridgehead atoms. The van der Waals surface area contributed by atoms with Crippen LogP contribution in [-0.4, -0.2) is 40.4 Å². The Balaban J connectivity index is 1.56. The molecule has 2 aliphatic heterocycles. The highest BCUT2D eigenvalue weighted by Crippen LogP contribution is 2.65. The van der Waals surface area contributed by atoms with Gasteiger partial charge in [-0.3, -0.25) is 0 Å². The van der Waals surface area contributed by atoms with E-state index in [1.54, 1.807) is 16.3 Å². The van der Waals surface area contributed by atoms with E-state index in [0.717, 1.165) is 35.5 Å². The van der Waals surface area contributed by atoms with E-state index in [-0.39, 0.29) is 5.16 Å². The zero-order chi connectivity index (χ0) is 23.7. The monoisotopic (exact) mass is 514 g/mol. The average Bonchev–Trinajstić information content (AvgIpc) is 3.53. The van der Waals surface area contributed by atoms with Crippen molar-refractivity contribution in [3.63, 3.8) is 0 Å². The molecular formula is C29H48N2P2Si. The Morgan fingerprint density at radius 3 is 1.91 bits per heavy atom. The van der Waals surface area contributed by atoms with Crippen molar-refractivity contribution < 1.29 is 0 Å². The number of benzene rings is 1. The van der Waals surface area contributed by atoms with Crippen LogP contribution in [-0.2, 0) is 10.6 Å². The second kappa shape index (κ2) is 8.91. The van der Waals surface area contributed by atoms with Crippen LogP contribution in [0.2, 0.25) is 19.6 Å². The number of hydrogen-bond acceptors (Lipinski definition) is 2. The Morgan fingerprint density at radius 2 is 1.47 bits per heavy atom. The number of rotatable bonds is 6. The van der Waals surface area contributed by atoms with Crippen LogP contribution >= 0.6 is 18.5 Å². The summed E-state index contributed by atoms with van der Waals surface area (Å²) in [5, 5.41) is 9.37. The Hall–Kier alpha value is 0.217. The van der Waals surface area contributed by atoms with Crippen molar-refractivity contribution in [3.8, 4) is 0 Å². The second-order valence-corrected chi connectivity index (χ2v) is 20.3. The van der Waals surface area contributed by atoms with Gasteiger partial charge in [-0.15, -0.1) is 18.5 Å². The Bertz CT molecular complexity index is 869. The predicted molar refractivity (Wildman–Crippen MR) is 156 cm³/mol. The van der Waals surface area contributed by atoms with Gasteiger partial charge < -0.3 is 10.6 Å². The summed E-state index contributed by atoms with van der Waals surface area (Å²) in [4.78, 5) is 0. The molecule has 2 heterocycles. The fourth-order valence-electron chi connectivity index (χ4n) is 9.58.